The molecule has 3 heteroatoms. The van der Waals surface area contributed by atoms with Crippen LogP contribution >= 0.6 is 0 Å². The molecule has 0 spiro atoms. The Morgan fingerprint density at radius 1 is 1.41 bits per heavy atom. The molecule has 0 saturated carbocycles. The summed E-state index contributed by atoms with van der Waals surface area (Å²) < 4.78 is 0. The number of rotatable bonds is 2. The van der Waals surface area contributed by atoms with E-state index in [0.717, 1.165) is 24.1 Å². The third kappa shape index (κ3) is 2.44. The van der Waals surface area contributed by atoms with Gasteiger partial charge in [0.15, 0.2) is 0 Å². The first-order valence-corrected chi connectivity index (χ1v) is 6.54. The molecule has 3 nitrogen and oxygen atoms in total. The van der Waals surface area contributed by atoms with E-state index in [9.17, 15) is 0 Å². The van der Waals surface area contributed by atoms with E-state index in [2.05, 4.69) is 36.7 Å². The highest BCUT2D eigenvalue weighted by Crippen LogP contribution is 2.32. The summed E-state index contributed by atoms with van der Waals surface area (Å²) in [6, 6.07) is 4.72. The summed E-state index contributed by atoms with van der Waals surface area (Å²) in [5.41, 5.74) is 8.02. The lowest BCUT2D eigenvalue weighted by molar-refractivity contribution is 0.296. The maximum atomic E-state index is 5.78. The summed E-state index contributed by atoms with van der Waals surface area (Å²) >= 11 is 0. The Kier molecular flexibility index (Phi) is 3.67. The number of aromatic nitrogens is 1. The molecule has 0 radical (unpaired) electrons. The highest BCUT2D eigenvalue weighted by Gasteiger charge is 2.29. The summed E-state index contributed by atoms with van der Waals surface area (Å²) in [4.78, 5) is 6.87. The van der Waals surface area contributed by atoms with E-state index in [4.69, 9.17) is 5.73 Å². The van der Waals surface area contributed by atoms with Gasteiger partial charge in [0.1, 0.15) is 0 Å². The van der Waals surface area contributed by atoms with E-state index in [-0.39, 0.29) is 0 Å². The van der Waals surface area contributed by atoms with Crippen molar-refractivity contribution in [3.05, 3.63) is 24.0 Å². The molecule has 94 valence electrons. The Morgan fingerprint density at radius 3 is 2.88 bits per heavy atom. The minimum Gasteiger partial charge on any atom is -0.367 e. The minimum absolute atomic E-state index is 0.516. The van der Waals surface area contributed by atoms with Gasteiger partial charge in [0.25, 0.3) is 0 Å². The zero-order valence-corrected chi connectivity index (χ0v) is 11.1. The molecule has 0 aromatic carbocycles. The third-order valence-corrected chi connectivity index (χ3v) is 3.97. The van der Waals surface area contributed by atoms with Gasteiger partial charge < -0.3 is 10.6 Å². The van der Waals surface area contributed by atoms with Gasteiger partial charge in [0.2, 0.25) is 0 Å². The van der Waals surface area contributed by atoms with Gasteiger partial charge in [-0.15, -0.1) is 0 Å². The van der Waals surface area contributed by atoms with Crippen molar-refractivity contribution in [1.29, 1.82) is 0 Å². The monoisotopic (exact) mass is 233 g/mol. The number of nitrogens with zero attached hydrogens (tertiary/aromatic N) is 2. The van der Waals surface area contributed by atoms with Gasteiger partial charge in [-0.25, -0.2) is 0 Å². The van der Waals surface area contributed by atoms with Crippen LogP contribution in [-0.2, 0) is 6.54 Å². The molecule has 1 aliphatic heterocycles. The molecule has 0 aliphatic carbocycles. The fourth-order valence-electron chi connectivity index (χ4n) is 2.88. The van der Waals surface area contributed by atoms with E-state index in [1.807, 2.05) is 12.3 Å². The number of hydrogen-bond acceptors (Lipinski definition) is 3. The van der Waals surface area contributed by atoms with Crippen molar-refractivity contribution < 1.29 is 0 Å². The van der Waals surface area contributed by atoms with Gasteiger partial charge in [-0.2, -0.15) is 0 Å². The normalized spacial score (nSPS) is 29.4. The molecule has 1 saturated heterocycles. The Morgan fingerprint density at radius 2 is 2.18 bits per heavy atom. The Hall–Kier alpha value is -1.09. The predicted octanol–water partition coefficient (Wildman–Crippen LogP) is 2.41. The first kappa shape index (κ1) is 12.4. The number of pyridine rings is 1. The van der Waals surface area contributed by atoms with Crippen molar-refractivity contribution in [2.24, 2.45) is 17.6 Å². The summed E-state index contributed by atoms with van der Waals surface area (Å²) in [6.07, 6.45) is 3.14. The Labute approximate surface area is 104 Å². The third-order valence-electron chi connectivity index (χ3n) is 3.97. The van der Waals surface area contributed by atoms with Crippen LogP contribution in [0.3, 0.4) is 0 Å². The minimum atomic E-state index is 0.516. The maximum absolute atomic E-state index is 5.78. The second kappa shape index (κ2) is 5.05. The van der Waals surface area contributed by atoms with Gasteiger partial charge in [-0.05, 0) is 37.3 Å². The molecule has 0 bridgehead atoms. The topological polar surface area (TPSA) is 42.2 Å². The van der Waals surface area contributed by atoms with Crippen molar-refractivity contribution in [2.75, 3.05) is 11.4 Å². The zero-order valence-electron chi connectivity index (χ0n) is 11.1. The van der Waals surface area contributed by atoms with Gasteiger partial charge in [0, 0.05) is 25.3 Å². The van der Waals surface area contributed by atoms with E-state index >= 15 is 0 Å². The lowest BCUT2D eigenvalue weighted by atomic mass is 9.85. The van der Waals surface area contributed by atoms with Crippen LogP contribution in [0, 0.1) is 11.8 Å². The predicted molar refractivity (Wildman–Crippen MR) is 71.9 cm³/mol. The van der Waals surface area contributed by atoms with Crippen LogP contribution in [-0.4, -0.2) is 17.6 Å². The van der Waals surface area contributed by atoms with E-state index in [0.29, 0.717) is 12.6 Å². The fourth-order valence-corrected chi connectivity index (χ4v) is 2.88. The van der Waals surface area contributed by atoms with E-state index in [1.54, 1.807) is 0 Å². The van der Waals surface area contributed by atoms with Gasteiger partial charge in [0.05, 0.1) is 11.4 Å². The average molecular weight is 233 g/mol. The first-order chi connectivity index (χ1) is 8.13. The lowest BCUT2D eigenvalue weighted by Gasteiger charge is -2.43. The van der Waals surface area contributed by atoms with Crippen LogP contribution in [0.5, 0.6) is 0 Å². The molecule has 1 aromatic rings. The van der Waals surface area contributed by atoms with Crippen molar-refractivity contribution in [3.63, 3.8) is 0 Å². The number of nitrogens with two attached hydrogens (primary N) is 1. The number of piperidine rings is 1. The van der Waals surface area contributed by atoms with Crippen LogP contribution in [0.4, 0.5) is 5.69 Å². The van der Waals surface area contributed by atoms with E-state index < -0.39 is 0 Å². The number of hydrogen-bond donors (Lipinski definition) is 1. The zero-order chi connectivity index (χ0) is 12.4. The molecule has 2 N–H and O–H groups in total. The molecule has 1 fully saturated rings. The molecule has 17 heavy (non-hydrogen) atoms. The molecule has 1 aromatic heterocycles. The molecule has 2 heterocycles. The summed E-state index contributed by atoms with van der Waals surface area (Å²) in [7, 11) is 0. The van der Waals surface area contributed by atoms with Crippen LogP contribution in [0.25, 0.3) is 0 Å². The van der Waals surface area contributed by atoms with Gasteiger partial charge >= 0.3 is 0 Å². The van der Waals surface area contributed by atoms with Crippen molar-refractivity contribution >= 4 is 5.69 Å². The molecule has 2 rings (SSSR count). The van der Waals surface area contributed by atoms with Crippen LogP contribution in [0.2, 0.25) is 0 Å². The molecule has 0 amide bonds. The molecule has 1 aliphatic rings. The van der Waals surface area contributed by atoms with Crippen LogP contribution in [0.1, 0.15) is 32.9 Å². The van der Waals surface area contributed by atoms with Crippen molar-refractivity contribution in [3.8, 4) is 0 Å². The van der Waals surface area contributed by atoms with Crippen molar-refractivity contribution in [1.82, 2.24) is 4.98 Å². The summed E-state index contributed by atoms with van der Waals surface area (Å²) in [5, 5.41) is 0. The highest BCUT2D eigenvalue weighted by molar-refractivity contribution is 5.51. The maximum Gasteiger partial charge on any atom is 0.0772 e. The Balaban J connectivity index is 2.31. The van der Waals surface area contributed by atoms with Gasteiger partial charge in [-0.3, -0.25) is 4.98 Å². The van der Waals surface area contributed by atoms with Crippen LogP contribution < -0.4 is 10.6 Å². The largest absolute Gasteiger partial charge is 0.367 e. The smallest absolute Gasteiger partial charge is 0.0772 e. The molecular formula is C14H23N3. The quantitative estimate of drug-likeness (QED) is 0.853. The fraction of sp³-hybridized carbons (Fsp3) is 0.643. The summed E-state index contributed by atoms with van der Waals surface area (Å²) in [6.45, 7) is 8.61. The van der Waals surface area contributed by atoms with Gasteiger partial charge in [-0.1, -0.05) is 13.8 Å². The molecule has 3 unspecified atom stereocenters. The van der Waals surface area contributed by atoms with E-state index in [1.165, 1.54) is 12.1 Å². The number of anilines is 1. The standard InChI is InChI=1S/C14H23N3/c1-10-7-11(2)12(3)17(9-10)14-5-4-6-16-13(14)8-15/h4-6,10-12H,7-9,15H2,1-3H3. The average Bonchev–Trinajstić information content (AvgIpc) is 2.33. The molecule has 3 atom stereocenters. The highest BCUT2D eigenvalue weighted by atomic mass is 15.2. The van der Waals surface area contributed by atoms with Crippen molar-refractivity contribution in [2.45, 2.75) is 39.8 Å². The second-order valence-electron chi connectivity index (χ2n) is 5.38. The Bertz CT molecular complexity index is 377. The molecular weight excluding hydrogens is 210 g/mol. The second-order valence-corrected chi connectivity index (χ2v) is 5.38. The SMILES string of the molecule is CC1CC(C)C(C)N(c2cccnc2CN)C1. The summed E-state index contributed by atoms with van der Waals surface area (Å²) in [5.74, 6) is 1.47. The lowest BCUT2D eigenvalue weighted by Crippen LogP contribution is -2.46. The first-order valence-electron chi connectivity index (χ1n) is 6.54. The van der Waals surface area contributed by atoms with Crippen LogP contribution in [0.15, 0.2) is 18.3 Å².